The molecule has 0 bridgehead atoms. The van der Waals surface area contributed by atoms with Crippen molar-refractivity contribution in [2.45, 2.75) is 19.3 Å². The molecular weight excluding hydrogens is 321 g/mol. The second-order valence-corrected chi connectivity index (χ2v) is 5.77. The molecule has 4 heteroatoms. The lowest BCUT2D eigenvalue weighted by Crippen LogP contribution is -2.18. The van der Waals surface area contributed by atoms with Crippen LogP contribution in [-0.2, 0) is 18.0 Å². The van der Waals surface area contributed by atoms with Crippen LogP contribution in [0.1, 0.15) is 28.3 Å². The summed E-state index contributed by atoms with van der Waals surface area (Å²) >= 11 is 3.19. The predicted octanol–water partition coefficient (Wildman–Crippen LogP) is 3.93. The number of hydrogen-bond acceptors (Lipinski definition) is 2. The van der Waals surface area contributed by atoms with E-state index in [4.69, 9.17) is 4.74 Å². The van der Waals surface area contributed by atoms with Crippen molar-refractivity contribution >= 4 is 15.9 Å². The van der Waals surface area contributed by atoms with Crippen LogP contribution in [0.4, 0.5) is 4.39 Å². The fraction of sp³-hybridized carbons (Fsp3) is 0.250. The summed E-state index contributed by atoms with van der Waals surface area (Å²) in [6.45, 7) is 1.35. The molecule has 20 heavy (non-hydrogen) atoms. The minimum Gasteiger partial charge on any atom is -0.372 e. The van der Waals surface area contributed by atoms with Gasteiger partial charge in [-0.1, -0.05) is 24.3 Å². The van der Waals surface area contributed by atoms with Crippen molar-refractivity contribution in [1.82, 2.24) is 5.32 Å². The van der Waals surface area contributed by atoms with E-state index in [1.165, 1.54) is 11.1 Å². The van der Waals surface area contributed by atoms with E-state index >= 15 is 0 Å². The lowest BCUT2D eigenvalue weighted by atomic mass is 9.96. The van der Waals surface area contributed by atoms with E-state index in [1.54, 1.807) is 12.1 Å². The van der Waals surface area contributed by atoms with E-state index in [9.17, 15) is 4.39 Å². The van der Waals surface area contributed by atoms with Crippen LogP contribution < -0.4 is 5.32 Å². The van der Waals surface area contributed by atoms with Gasteiger partial charge < -0.3 is 10.1 Å². The third kappa shape index (κ3) is 2.51. The maximum Gasteiger partial charge on any atom is 0.137 e. The Labute approximate surface area is 126 Å². The summed E-state index contributed by atoms with van der Waals surface area (Å²) in [6, 6.07) is 11.5. The van der Waals surface area contributed by atoms with E-state index in [1.807, 2.05) is 13.1 Å². The van der Waals surface area contributed by atoms with Gasteiger partial charge in [-0.05, 0) is 57.4 Å². The molecule has 2 aromatic rings. The zero-order valence-electron chi connectivity index (χ0n) is 11.1. The average Bonchev–Trinajstić information content (AvgIpc) is 2.91. The molecule has 2 aromatic carbocycles. The molecule has 1 unspecified atom stereocenters. The molecule has 0 amide bonds. The van der Waals surface area contributed by atoms with Gasteiger partial charge in [0.05, 0.1) is 23.7 Å². The normalized spacial score (nSPS) is 15.2. The molecule has 2 nitrogen and oxygen atoms in total. The SMILES string of the molecule is CNC(c1ccc(Br)c(F)c1)c1ccc2c(c1)COC2. The van der Waals surface area contributed by atoms with Crippen molar-refractivity contribution in [3.8, 4) is 0 Å². The highest BCUT2D eigenvalue weighted by atomic mass is 79.9. The predicted molar refractivity (Wildman–Crippen MR) is 79.9 cm³/mol. The monoisotopic (exact) mass is 335 g/mol. The molecule has 1 heterocycles. The van der Waals surface area contributed by atoms with Crippen molar-refractivity contribution in [1.29, 1.82) is 0 Å². The number of benzene rings is 2. The molecule has 0 saturated heterocycles. The molecule has 0 aliphatic carbocycles. The van der Waals surface area contributed by atoms with E-state index < -0.39 is 0 Å². The molecule has 0 spiro atoms. The van der Waals surface area contributed by atoms with Crippen LogP contribution in [0.25, 0.3) is 0 Å². The number of hydrogen-bond donors (Lipinski definition) is 1. The largest absolute Gasteiger partial charge is 0.372 e. The number of ether oxygens (including phenoxy) is 1. The molecule has 3 rings (SSSR count). The van der Waals surface area contributed by atoms with Crippen molar-refractivity contribution < 1.29 is 9.13 Å². The first-order valence-electron chi connectivity index (χ1n) is 6.50. The maximum absolute atomic E-state index is 13.7. The third-order valence-electron chi connectivity index (χ3n) is 3.64. The van der Waals surface area contributed by atoms with Gasteiger partial charge in [-0.15, -0.1) is 0 Å². The van der Waals surface area contributed by atoms with E-state index in [-0.39, 0.29) is 11.9 Å². The molecule has 1 atom stereocenters. The highest BCUT2D eigenvalue weighted by Gasteiger charge is 2.17. The Kier molecular flexibility index (Phi) is 3.87. The van der Waals surface area contributed by atoms with E-state index in [2.05, 4.69) is 39.4 Å². The molecule has 1 aliphatic heterocycles. The Balaban J connectivity index is 1.98. The van der Waals surface area contributed by atoms with Gasteiger partial charge in [0.25, 0.3) is 0 Å². The number of fused-ring (bicyclic) bond motifs is 1. The maximum atomic E-state index is 13.7. The minimum atomic E-state index is -0.243. The first kappa shape index (κ1) is 13.7. The fourth-order valence-corrected chi connectivity index (χ4v) is 2.84. The zero-order valence-corrected chi connectivity index (χ0v) is 12.7. The topological polar surface area (TPSA) is 21.3 Å². The van der Waals surface area contributed by atoms with Gasteiger partial charge in [0.1, 0.15) is 5.82 Å². The Bertz CT molecular complexity index is 644. The highest BCUT2D eigenvalue weighted by molar-refractivity contribution is 9.10. The van der Waals surface area contributed by atoms with Crippen LogP contribution in [0.2, 0.25) is 0 Å². The van der Waals surface area contributed by atoms with Gasteiger partial charge in [0, 0.05) is 0 Å². The van der Waals surface area contributed by atoms with E-state index in [0.717, 1.165) is 11.1 Å². The number of halogens is 2. The smallest absolute Gasteiger partial charge is 0.137 e. The molecule has 0 fully saturated rings. The summed E-state index contributed by atoms with van der Waals surface area (Å²) in [7, 11) is 1.88. The molecular formula is C16H15BrFNO. The van der Waals surface area contributed by atoms with Gasteiger partial charge in [-0.2, -0.15) is 0 Å². The third-order valence-corrected chi connectivity index (χ3v) is 4.29. The van der Waals surface area contributed by atoms with Crippen LogP contribution >= 0.6 is 15.9 Å². The van der Waals surface area contributed by atoms with E-state index in [0.29, 0.717) is 17.7 Å². The standard InChI is InChI=1S/C16H15BrFNO/c1-19-16(11-4-5-14(17)15(18)7-11)10-2-3-12-8-20-9-13(12)6-10/h2-7,16,19H,8-9H2,1H3. The Hall–Kier alpha value is -1.23. The second kappa shape index (κ2) is 5.64. The lowest BCUT2D eigenvalue weighted by molar-refractivity contribution is 0.134. The van der Waals surface area contributed by atoms with Crippen molar-refractivity contribution in [3.05, 3.63) is 68.9 Å². The molecule has 104 valence electrons. The van der Waals surface area contributed by atoms with Crippen LogP contribution in [0.5, 0.6) is 0 Å². The summed E-state index contributed by atoms with van der Waals surface area (Å²) in [6.07, 6.45) is 0. The van der Waals surface area contributed by atoms with Crippen LogP contribution in [0.15, 0.2) is 40.9 Å². The average molecular weight is 336 g/mol. The summed E-state index contributed by atoms with van der Waals surface area (Å²) in [4.78, 5) is 0. The molecule has 0 aromatic heterocycles. The Morgan fingerprint density at radius 2 is 1.80 bits per heavy atom. The minimum absolute atomic E-state index is 0.0245. The first-order chi connectivity index (χ1) is 9.69. The van der Waals surface area contributed by atoms with Gasteiger partial charge in [0.15, 0.2) is 0 Å². The Morgan fingerprint density at radius 1 is 1.10 bits per heavy atom. The van der Waals surface area contributed by atoms with Crippen LogP contribution in [-0.4, -0.2) is 7.05 Å². The van der Waals surface area contributed by atoms with Gasteiger partial charge in [-0.25, -0.2) is 4.39 Å². The molecule has 0 saturated carbocycles. The fourth-order valence-electron chi connectivity index (χ4n) is 2.59. The van der Waals surface area contributed by atoms with Gasteiger partial charge in [-0.3, -0.25) is 0 Å². The van der Waals surface area contributed by atoms with Crippen molar-refractivity contribution in [3.63, 3.8) is 0 Å². The summed E-state index contributed by atoms with van der Waals surface area (Å²) in [5, 5.41) is 3.25. The first-order valence-corrected chi connectivity index (χ1v) is 7.30. The quantitative estimate of drug-likeness (QED) is 0.917. The van der Waals surface area contributed by atoms with Gasteiger partial charge >= 0.3 is 0 Å². The number of rotatable bonds is 3. The molecule has 1 aliphatic rings. The van der Waals surface area contributed by atoms with Crippen LogP contribution in [0, 0.1) is 5.82 Å². The number of nitrogens with one attached hydrogen (secondary N) is 1. The lowest BCUT2D eigenvalue weighted by Gasteiger charge is -2.18. The zero-order chi connectivity index (χ0) is 14.1. The molecule has 1 N–H and O–H groups in total. The Morgan fingerprint density at radius 3 is 2.55 bits per heavy atom. The summed E-state index contributed by atoms with van der Waals surface area (Å²) < 4.78 is 19.6. The summed E-state index contributed by atoms with van der Waals surface area (Å²) in [5.74, 6) is -0.243. The van der Waals surface area contributed by atoms with Crippen LogP contribution in [0.3, 0.4) is 0 Å². The molecule has 0 radical (unpaired) electrons. The highest BCUT2D eigenvalue weighted by Crippen LogP contribution is 2.29. The van der Waals surface area contributed by atoms with Crippen molar-refractivity contribution in [2.24, 2.45) is 0 Å². The van der Waals surface area contributed by atoms with Crippen molar-refractivity contribution in [2.75, 3.05) is 7.05 Å². The summed E-state index contributed by atoms with van der Waals surface area (Å²) in [5.41, 5.74) is 4.50. The van der Waals surface area contributed by atoms with Gasteiger partial charge in [0.2, 0.25) is 0 Å². The second-order valence-electron chi connectivity index (χ2n) is 4.92.